The van der Waals surface area contributed by atoms with E-state index in [0.29, 0.717) is 24.5 Å². The molecule has 164 valence electrons. The number of hydrogen-bond acceptors (Lipinski definition) is 3. The van der Waals surface area contributed by atoms with E-state index in [1.807, 2.05) is 19.2 Å². The second kappa shape index (κ2) is 9.39. The Balaban J connectivity index is 1.56. The molecule has 1 atom stereocenters. The molecule has 0 spiro atoms. The summed E-state index contributed by atoms with van der Waals surface area (Å²) in [6.07, 6.45) is 6.48. The van der Waals surface area contributed by atoms with E-state index in [-0.39, 0.29) is 11.8 Å². The van der Waals surface area contributed by atoms with Crippen molar-refractivity contribution in [3.63, 3.8) is 0 Å². The Morgan fingerprint density at radius 2 is 1.91 bits per heavy atom. The predicted octanol–water partition coefficient (Wildman–Crippen LogP) is 5.46. The number of rotatable bonds is 4. The number of hydrogen-bond donors (Lipinski definition) is 0. The van der Waals surface area contributed by atoms with Gasteiger partial charge in [-0.2, -0.15) is 0 Å². The topological polar surface area (TPSA) is 46.1 Å². The number of piperidine rings is 1. The fourth-order valence-corrected chi connectivity index (χ4v) is 4.18. The summed E-state index contributed by atoms with van der Waals surface area (Å²) in [7, 11) is 0. The summed E-state index contributed by atoms with van der Waals surface area (Å²) >= 11 is 0. The molecule has 0 unspecified atom stereocenters. The normalized spacial score (nSPS) is 16.5. The molecule has 4 nitrogen and oxygen atoms in total. The minimum Gasteiger partial charge on any atom is -0.338 e. The van der Waals surface area contributed by atoms with Crippen LogP contribution in [0.25, 0.3) is 17.2 Å². The van der Waals surface area contributed by atoms with Crippen LogP contribution >= 0.6 is 0 Å². The Labute approximate surface area is 186 Å². The number of nitrogens with zero attached hydrogens (tertiary/aromatic N) is 3. The minimum absolute atomic E-state index is 0.0879. The van der Waals surface area contributed by atoms with Crippen molar-refractivity contribution in [1.29, 1.82) is 0 Å². The van der Waals surface area contributed by atoms with Gasteiger partial charge in [0, 0.05) is 42.9 Å². The molecule has 1 aromatic heterocycles. The number of amides is 1. The highest BCUT2D eigenvalue weighted by Gasteiger charge is 2.27. The third-order valence-electron chi connectivity index (χ3n) is 5.69. The standard InChI is InChI=1S/C26H25F2N3O/c1-17-5-3-6-20(11-17)24-15-29-18(2)30-26(24)21-7-4-10-31(16-21)25(32)9-8-19-12-22(27)14-23(28)13-19/h3,5-6,8-9,11-15,21H,4,7,10,16H2,1-2H3/b9-8+/t21-/m0/s1. The molecule has 1 amide bonds. The number of aromatic nitrogens is 2. The molecule has 0 bridgehead atoms. The molecule has 0 N–H and O–H groups in total. The molecular formula is C26H25F2N3O. The summed E-state index contributed by atoms with van der Waals surface area (Å²) in [6, 6.07) is 11.4. The zero-order valence-corrected chi connectivity index (χ0v) is 18.2. The smallest absolute Gasteiger partial charge is 0.246 e. The van der Waals surface area contributed by atoms with Crippen LogP contribution in [0.1, 0.15) is 41.4 Å². The van der Waals surface area contributed by atoms with E-state index >= 15 is 0 Å². The molecule has 2 aromatic carbocycles. The largest absolute Gasteiger partial charge is 0.338 e. The van der Waals surface area contributed by atoms with E-state index in [1.54, 1.807) is 4.90 Å². The Kier molecular flexibility index (Phi) is 6.40. The highest BCUT2D eigenvalue weighted by atomic mass is 19.1. The number of likely N-dealkylation sites (tertiary alicyclic amines) is 1. The second-order valence-electron chi connectivity index (χ2n) is 8.25. The summed E-state index contributed by atoms with van der Waals surface area (Å²) in [4.78, 5) is 23.7. The van der Waals surface area contributed by atoms with Gasteiger partial charge in [0.05, 0.1) is 5.69 Å². The third-order valence-corrected chi connectivity index (χ3v) is 5.69. The Morgan fingerprint density at radius 1 is 1.12 bits per heavy atom. The molecule has 4 rings (SSSR count). The van der Waals surface area contributed by atoms with Crippen molar-refractivity contribution in [1.82, 2.24) is 14.9 Å². The summed E-state index contributed by atoms with van der Waals surface area (Å²) < 4.78 is 26.8. The molecule has 2 heterocycles. The van der Waals surface area contributed by atoms with E-state index in [9.17, 15) is 13.6 Å². The number of aryl methyl sites for hydroxylation is 2. The lowest BCUT2D eigenvalue weighted by Crippen LogP contribution is -2.38. The van der Waals surface area contributed by atoms with Gasteiger partial charge in [0.15, 0.2) is 0 Å². The number of carbonyl (C=O) groups excluding carboxylic acids is 1. The SMILES string of the molecule is Cc1cccc(-c2cnc(C)nc2[C@H]2CCCN(C(=O)/C=C/c3cc(F)cc(F)c3)C2)c1. The van der Waals surface area contributed by atoms with E-state index in [1.165, 1.54) is 24.3 Å². The van der Waals surface area contributed by atoms with Crippen LogP contribution in [0.2, 0.25) is 0 Å². The molecule has 1 aliphatic heterocycles. The predicted molar refractivity (Wildman–Crippen MR) is 121 cm³/mol. The van der Waals surface area contributed by atoms with Gasteiger partial charge in [-0.25, -0.2) is 18.7 Å². The van der Waals surface area contributed by atoms with Crippen molar-refractivity contribution in [2.75, 3.05) is 13.1 Å². The van der Waals surface area contributed by atoms with Crippen LogP contribution in [0.3, 0.4) is 0 Å². The van der Waals surface area contributed by atoms with E-state index in [2.05, 4.69) is 30.1 Å². The van der Waals surface area contributed by atoms with Crippen LogP contribution in [-0.2, 0) is 4.79 Å². The van der Waals surface area contributed by atoms with Gasteiger partial charge in [0.2, 0.25) is 5.91 Å². The first-order valence-corrected chi connectivity index (χ1v) is 10.7. The van der Waals surface area contributed by atoms with Crippen molar-refractivity contribution >= 4 is 12.0 Å². The average molecular weight is 434 g/mol. The van der Waals surface area contributed by atoms with Crippen LogP contribution in [0.4, 0.5) is 8.78 Å². The lowest BCUT2D eigenvalue weighted by atomic mass is 9.89. The van der Waals surface area contributed by atoms with Gasteiger partial charge in [-0.1, -0.05) is 29.8 Å². The molecule has 1 saturated heterocycles. The molecule has 1 aliphatic rings. The monoisotopic (exact) mass is 433 g/mol. The maximum atomic E-state index is 13.4. The summed E-state index contributed by atoms with van der Waals surface area (Å²) in [5.41, 5.74) is 4.49. The molecule has 0 saturated carbocycles. The van der Waals surface area contributed by atoms with Crippen molar-refractivity contribution in [2.45, 2.75) is 32.6 Å². The highest BCUT2D eigenvalue weighted by Crippen LogP contribution is 2.33. The van der Waals surface area contributed by atoms with Crippen molar-refractivity contribution in [3.8, 4) is 11.1 Å². The van der Waals surface area contributed by atoms with E-state index in [0.717, 1.165) is 41.3 Å². The Hall–Kier alpha value is -3.41. The zero-order valence-electron chi connectivity index (χ0n) is 18.2. The minimum atomic E-state index is -0.669. The van der Waals surface area contributed by atoms with Crippen LogP contribution in [-0.4, -0.2) is 33.9 Å². The molecule has 6 heteroatoms. The van der Waals surface area contributed by atoms with Gasteiger partial charge in [-0.3, -0.25) is 4.79 Å². The van der Waals surface area contributed by atoms with Crippen LogP contribution in [0, 0.1) is 25.5 Å². The average Bonchev–Trinajstić information content (AvgIpc) is 2.77. The zero-order chi connectivity index (χ0) is 22.7. The first-order chi connectivity index (χ1) is 15.4. The van der Waals surface area contributed by atoms with Gasteiger partial charge in [0.1, 0.15) is 17.5 Å². The quantitative estimate of drug-likeness (QED) is 0.514. The van der Waals surface area contributed by atoms with Crippen molar-refractivity contribution in [3.05, 3.63) is 89.0 Å². The fourth-order valence-electron chi connectivity index (χ4n) is 4.18. The molecular weight excluding hydrogens is 408 g/mol. The number of carbonyl (C=O) groups is 1. The molecule has 32 heavy (non-hydrogen) atoms. The second-order valence-corrected chi connectivity index (χ2v) is 8.25. The molecule has 3 aromatic rings. The molecule has 0 radical (unpaired) electrons. The molecule has 1 fully saturated rings. The van der Waals surface area contributed by atoms with E-state index in [4.69, 9.17) is 4.98 Å². The lowest BCUT2D eigenvalue weighted by Gasteiger charge is -2.32. The Morgan fingerprint density at radius 3 is 2.66 bits per heavy atom. The van der Waals surface area contributed by atoms with Crippen molar-refractivity contribution < 1.29 is 13.6 Å². The number of halogens is 2. The maximum absolute atomic E-state index is 13.4. The van der Waals surface area contributed by atoms with Gasteiger partial charge < -0.3 is 4.90 Å². The third kappa shape index (κ3) is 5.07. The van der Waals surface area contributed by atoms with E-state index < -0.39 is 11.6 Å². The Bertz CT molecular complexity index is 1160. The van der Waals surface area contributed by atoms with Crippen LogP contribution in [0.5, 0.6) is 0 Å². The fraction of sp³-hybridized carbons (Fsp3) is 0.269. The van der Waals surface area contributed by atoms with Gasteiger partial charge >= 0.3 is 0 Å². The summed E-state index contributed by atoms with van der Waals surface area (Å²) in [5.74, 6) is -0.726. The van der Waals surface area contributed by atoms with Gasteiger partial charge in [-0.05, 0) is 56.0 Å². The van der Waals surface area contributed by atoms with Gasteiger partial charge in [0.25, 0.3) is 0 Å². The van der Waals surface area contributed by atoms with Crippen molar-refractivity contribution in [2.24, 2.45) is 0 Å². The van der Waals surface area contributed by atoms with Crippen LogP contribution in [0.15, 0.2) is 54.7 Å². The van der Waals surface area contributed by atoms with Crippen LogP contribution < -0.4 is 0 Å². The highest BCUT2D eigenvalue weighted by molar-refractivity contribution is 5.92. The summed E-state index contributed by atoms with van der Waals surface area (Å²) in [5, 5.41) is 0. The maximum Gasteiger partial charge on any atom is 0.246 e. The molecule has 0 aliphatic carbocycles. The first-order valence-electron chi connectivity index (χ1n) is 10.7. The number of benzene rings is 2. The van der Waals surface area contributed by atoms with Gasteiger partial charge in [-0.15, -0.1) is 0 Å². The summed E-state index contributed by atoms with van der Waals surface area (Å²) in [6.45, 7) is 5.10. The first kappa shape index (κ1) is 21.8. The lowest BCUT2D eigenvalue weighted by molar-refractivity contribution is -0.127.